The SMILES string of the molecule is Cc1ccc(OCCCCn2c(COc3ccc(C(C)(C)C)cc3)nc3ccccc32)cc1C. The number of aromatic nitrogens is 2. The van der Waals surface area contributed by atoms with Gasteiger partial charge in [-0.2, -0.15) is 0 Å². The van der Waals surface area contributed by atoms with Gasteiger partial charge in [-0.25, -0.2) is 4.98 Å². The number of aryl methyl sites for hydroxylation is 3. The lowest BCUT2D eigenvalue weighted by molar-refractivity contribution is 0.285. The van der Waals surface area contributed by atoms with Crippen LogP contribution in [0.1, 0.15) is 56.1 Å². The molecule has 0 fully saturated rings. The average Bonchev–Trinajstić information content (AvgIpc) is 3.17. The third kappa shape index (κ3) is 5.80. The Bertz CT molecular complexity index is 1230. The van der Waals surface area contributed by atoms with Crippen molar-refractivity contribution in [3.8, 4) is 11.5 Å². The zero-order valence-corrected chi connectivity index (χ0v) is 21.1. The van der Waals surface area contributed by atoms with E-state index in [2.05, 4.69) is 99.8 Å². The van der Waals surface area contributed by atoms with Gasteiger partial charge in [-0.05, 0) is 85.2 Å². The Kier molecular flexibility index (Phi) is 7.26. The Morgan fingerprint density at radius 3 is 2.26 bits per heavy atom. The van der Waals surface area contributed by atoms with E-state index in [-0.39, 0.29) is 5.41 Å². The molecule has 178 valence electrons. The van der Waals surface area contributed by atoms with Crippen LogP contribution in [0.2, 0.25) is 0 Å². The molecule has 4 nitrogen and oxygen atoms in total. The van der Waals surface area contributed by atoms with Crippen molar-refractivity contribution in [2.45, 2.75) is 66.0 Å². The van der Waals surface area contributed by atoms with Crippen molar-refractivity contribution in [1.82, 2.24) is 9.55 Å². The molecule has 0 amide bonds. The van der Waals surface area contributed by atoms with Crippen LogP contribution in [0, 0.1) is 13.8 Å². The predicted octanol–water partition coefficient (Wildman–Crippen LogP) is 7.39. The van der Waals surface area contributed by atoms with Crippen molar-refractivity contribution >= 4 is 11.0 Å². The van der Waals surface area contributed by atoms with Gasteiger partial charge in [0.25, 0.3) is 0 Å². The summed E-state index contributed by atoms with van der Waals surface area (Å²) >= 11 is 0. The van der Waals surface area contributed by atoms with E-state index >= 15 is 0 Å². The molecule has 3 aromatic carbocycles. The molecular formula is C30H36N2O2. The third-order valence-corrected chi connectivity index (χ3v) is 6.35. The minimum atomic E-state index is 0.133. The van der Waals surface area contributed by atoms with Crippen molar-refractivity contribution in [2.75, 3.05) is 6.61 Å². The summed E-state index contributed by atoms with van der Waals surface area (Å²) in [5.74, 6) is 2.77. The largest absolute Gasteiger partial charge is 0.494 e. The monoisotopic (exact) mass is 456 g/mol. The first kappa shape index (κ1) is 23.9. The van der Waals surface area contributed by atoms with Crippen molar-refractivity contribution in [1.29, 1.82) is 0 Å². The van der Waals surface area contributed by atoms with Crippen LogP contribution >= 0.6 is 0 Å². The zero-order chi connectivity index (χ0) is 24.1. The topological polar surface area (TPSA) is 36.3 Å². The first-order chi connectivity index (χ1) is 16.3. The first-order valence-electron chi connectivity index (χ1n) is 12.2. The number of hydrogen-bond donors (Lipinski definition) is 0. The van der Waals surface area contributed by atoms with E-state index in [1.54, 1.807) is 0 Å². The Hall–Kier alpha value is -3.27. The van der Waals surface area contributed by atoms with Gasteiger partial charge in [-0.1, -0.05) is 51.1 Å². The maximum absolute atomic E-state index is 6.13. The summed E-state index contributed by atoms with van der Waals surface area (Å²) in [6.45, 7) is 12.9. The van der Waals surface area contributed by atoms with Crippen LogP contribution in [0.3, 0.4) is 0 Å². The summed E-state index contributed by atoms with van der Waals surface area (Å²) in [5, 5.41) is 0. The number of unbranched alkanes of at least 4 members (excludes halogenated alkanes) is 1. The molecule has 0 saturated carbocycles. The van der Waals surface area contributed by atoms with Crippen LogP contribution in [0.25, 0.3) is 11.0 Å². The number of fused-ring (bicyclic) bond motifs is 1. The van der Waals surface area contributed by atoms with Crippen molar-refractivity contribution in [3.63, 3.8) is 0 Å². The molecule has 4 aromatic rings. The lowest BCUT2D eigenvalue weighted by atomic mass is 9.87. The summed E-state index contributed by atoms with van der Waals surface area (Å²) in [7, 11) is 0. The molecule has 0 unspecified atom stereocenters. The minimum Gasteiger partial charge on any atom is -0.494 e. The molecule has 0 aliphatic carbocycles. The molecule has 0 aliphatic rings. The molecular weight excluding hydrogens is 420 g/mol. The second-order valence-electron chi connectivity index (χ2n) is 10.0. The van der Waals surface area contributed by atoms with E-state index in [1.807, 2.05) is 6.07 Å². The Morgan fingerprint density at radius 1 is 0.794 bits per heavy atom. The van der Waals surface area contributed by atoms with Crippen LogP contribution in [0.4, 0.5) is 0 Å². The summed E-state index contributed by atoms with van der Waals surface area (Å²) in [5.41, 5.74) is 6.15. The first-order valence-corrected chi connectivity index (χ1v) is 12.2. The number of ether oxygens (including phenoxy) is 2. The molecule has 0 atom stereocenters. The highest BCUT2D eigenvalue weighted by atomic mass is 16.5. The molecule has 0 aliphatic heterocycles. The lowest BCUT2D eigenvalue weighted by Gasteiger charge is -2.19. The zero-order valence-electron chi connectivity index (χ0n) is 21.1. The normalized spacial score (nSPS) is 11.7. The standard InChI is InChI=1S/C30H36N2O2/c1-22-12-15-26(20-23(22)2)33-19-9-8-18-32-28-11-7-6-10-27(28)31-29(32)21-34-25-16-13-24(14-17-25)30(3,4)5/h6-7,10-17,20H,8-9,18-19,21H2,1-5H3. The molecule has 34 heavy (non-hydrogen) atoms. The van der Waals surface area contributed by atoms with Crippen molar-refractivity contribution in [2.24, 2.45) is 0 Å². The fourth-order valence-corrected chi connectivity index (χ4v) is 4.05. The highest BCUT2D eigenvalue weighted by Gasteiger charge is 2.14. The second-order valence-corrected chi connectivity index (χ2v) is 10.0. The average molecular weight is 457 g/mol. The van der Waals surface area contributed by atoms with Gasteiger partial charge in [0, 0.05) is 6.54 Å². The van der Waals surface area contributed by atoms with Gasteiger partial charge in [0.05, 0.1) is 17.6 Å². The Morgan fingerprint density at radius 2 is 1.53 bits per heavy atom. The summed E-state index contributed by atoms with van der Waals surface area (Å²) in [6.07, 6.45) is 1.99. The molecule has 0 bridgehead atoms. The number of hydrogen-bond acceptors (Lipinski definition) is 3. The number of benzene rings is 3. The maximum atomic E-state index is 6.13. The summed E-state index contributed by atoms with van der Waals surface area (Å²) < 4.78 is 14.4. The molecule has 4 rings (SSSR count). The fraction of sp³-hybridized carbons (Fsp3) is 0.367. The van der Waals surface area contributed by atoms with Crippen LogP contribution in [-0.4, -0.2) is 16.2 Å². The second kappa shape index (κ2) is 10.3. The molecule has 0 radical (unpaired) electrons. The quantitative estimate of drug-likeness (QED) is 0.246. The summed E-state index contributed by atoms with van der Waals surface area (Å²) in [4.78, 5) is 4.86. The van der Waals surface area contributed by atoms with Crippen LogP contribution in [0.15, 0.2) is 66.7 Å². The van der Waals surface area contributed by atoms with E-state index in [0.29, 0.717) is 13.2 Å². The number of rotatable bonds is 9. The van der Waals surface area contributed by atoms with Crippen LogP contribution in [0.5, 0.6) is 11.5 Å². The molecule has 0 spiro atoms. The van der Waals surface area contributed by atoms with Gasteiger partial charge in [0.15, 0.2) is 0 Å². The van der Waals surface area contributed by atoms with Gasteiger partial charge < -0.3 is 14.0 Å². The van der Waals surface area contributed by atoms with Crippen molar-refractivity contribution in [3.05, 3.63) is 89.2 Å². The third-order valence-electron chi connectivity index (χ3n) is 6.35. The van der Waals surface area contributed by atoms with E-state index in [1.165, 1.54) is 16.7 Å². The molecule has 4 heteroatoms. The van der Waals surface area contributed by atoms with Crippen LogP contribution in [-0.2, 0) is 18.6 Å². The summed E-state index contributed by atoms with van der Waals surface area (Å²) in [6, 6.07) is 23.0. The number of imidazole rings is 1. The highest BCUT2D eigenvalue weighted by molar-refractivity contribution is 5.75. The minimum absolute atomic E-state index is 0.133. The lowest BCUT2D eigenvalue weighted by Crippen LogP contribution is -2.11. The number of para-hydroxylation sites is 2. The fourth-order valence-electron chi connectivity index (χ4n) is 4.05. The van der Waals surface area contributed by atoms with Gasteiger partial charge in [-0.3, -0.25) is 0 Å². The van der Waals surface area contributed by atoms with Gasteiger partial charge in [0.1, 0.15) is 23.9 Å². The van der Waals surface area contributed by atoms with E-state index in [0.717, 1.165) is 47.7 Å². The van der Waals surface area contributed by atoms with Gasteiger partial charge >= 0.3 is 0 Å². The van der Waals surface area contributed by atoms with Crippen LogP contribution < -0.4 is 9.47 Å². The number of nitrogens with zero attached hydrogens (tertiary/aromatic N) is 2. The van der Waals surface area contributed by atoms with Gasteiger partial charge in [0.2, 0.25) is 0 Å². The van der Waals surface area contributed by atoms with E-state index < -0.39 is 0 Å². The highest BCUT2D eigenvalue weighted by Crippen LogP contribution is 2.25. The Balaban J connectivity index is 1.37. The smallest absolute Gasteiger partial charge is 0.147 e. The molecule has 0 N–H and O–H groups in total. The van der Waals surface area contributed by atoms with Gasteiger partial charge in [-0.15, -0.1) is 0 Å². The molecule has 1 aromatic heterocycles. The maximum Gasteiger partial charge on any atom is 0.147 e. The molecule has 0 saturated heterocycles. The van der Waals surface area contributed by atoms with E-state index in [4.69, 9.17) is 14.5 Å². The van der Waals surface area contributed by atoms with Crippen molar-refractivity contribution < 1.29 is 9.47 Å². The Labute approximate surface area is 203 Å². The molecule has 1 heterocycles. The van der Waals surface area contributed by atoms with E-state index in [9.17, 15) is 0 Å². The predicted molar refractivity (Wildman–Crippen MR) is 140 cm³/mol.